The summed E-state index contributed by atoms with van der Waals surface area (Å²) in [5, 5.41) is 2.88. The molecule has 0 unspecified atom stereocenters. The number of carbonyl (C=O) groups is 2. The van der Waals surface area contributed by atoms with Gasteiger partial charge in [-0.25, -0.2) is 4.79 Å². The number of amides is 2. The Bertz CT molecular complexity index is 711. The van der Waals surface area contributed by atoms with Gasteiger partial charge >= 0.3 is 6.09 Å². The summed E-state index contributed by atoms with van der Waals surface area (Å²) in [6, 6.07) is 3.50. The van der Waals surface area contributed by atoms with Crippen molar-refractivity contribution in [3.63, 3.8) is 0 Å². The summed E-state index contributed by atoms with van der Waals surface area (Å²) in [4.78, 5) is 26.6. The number of nitrogens with two attached hydrogens (primary N) is 1. The Hall–Kier alpha value is -2.44. The van der Waals surface area contributed by atoms with Crippen molar-refractivity contribution in [2.75, 3.05) is 31.2 Å². The molecule has 0 radical (unpaired) electrons. The van der Waals surface area contributed by atoms with Crippen molar-refractivity contribution in [1.29, 1.82) is 0 Å². The number of hydrogen-bond acceptors (Lipinski definition) is 5. The molecule has 2 amide bonds. The average Bonchev–Trinajstić information content (AvgIpc) is 3.01. The molecule has 2 aliphatic heterocycles. The lowest BCUT2D eigenvalue weighted by molar-refractivity contribution is -0.120. The van der Waals surface area contributed by atoms with Gasteiger partial charge < -0.3 is 25.4 Å². The first-order chi connectivity index (χ1) is 11.2. The van der Waals surface area contributed by atoms with E-state index in [9.17, 15) is 9.59 Å². The van der Waals surface area contributed by atoms with Gasteiger partial charge in [-0.3, -0.25) is 4.79 Å². The molecule has 0 aromatic heterocycles. The van der Waals surface area contributed by atoms with Crippen LogP contribution >= 0.6 is 0 Å². The van der Waals surface area contributed by atoms with E-state index in [4.69, 9.17) is 15.2 Å². The molecular formula is C17H23N3O4. The van der Waals surface area contributed by atoms with E-state index in [2.05, 4.69) is 5.32 Å². The molecule has 24 heavy (non-hydrogen) atoms. The van der Waals surface area contributed by atoms with Crippen molar-refractivity contribution in [2.24, 2.45) is 0 Å². The zero-order valence-corrected chi connectivity index (χ0v) is 14.4. The number of likely N-dealkylation sites (tertiary alicyclic amines) is 1. The number of nitrogens with zero attached hydrogens (tertiary/aromatic N) is 1. The first kappa shape index (κ1) is 16.4. The fourth-order valence-corrected chi connectivity index (χ4v) is 3.33. The van der Waals surface area contributed by atoms with Crippen LogP contribution in [0.5, 0.6) is 5.75 Å². The largest absolute Gasteiger partial charge is 0.495 e. The number of nitrogen functional groups attached to an aromatic ring is 1. The molecule has 7 nitrogen and oxygen atoms in total. The molecule has 1 atom stereocenters. The molecular weight excluding hydrogens is 310 g/mol. The lowest BCUT2D eigenvalue weighted by atomic mass is 9.80. The Morgan fingerprint density at radius 2 is 2.08 bits per heavy atom. The van der Waals surface area contributed by atoms with Crippen molar-refractivity contribution < 1.29 is 19.1 Å². The van der Waals surface area contributed by atoms with Gasteiger partial charge in [0.1, 0.15) is 11.4 Å². The fraction of sp³-hybridized carbons (Fsp3) is 0.529. The van der Waals surface area contributed by atoms with E-state index < -0.39 is 17.1 Å². The number of benzene rings is 1. The summed E-state index contributed by atoms with van der Waals surface area (Å²) in [5.74, 6) is 0.413. The smallest absolute Gasteiger partial charge is 0.410 e. The van der Waals surface area contributed by atoms with Gasteiger partial charge in [-0.1, -0.05) is 0 Å². The van der Waals surface area contributed by atoms with Crippen LogP contribution in [0, 0.1) is 0 Å². The van der Waals surface area contributed by atoms with E-state index in [0.717, 1.165) is 5.56 Å². The quantitative estimate of drug-likeness (QED) is 0.768. The number of hydrogen-bond donors (Lipinski definition) is 2. The van der Waals surface area contributed by atoms with Crippen LogP contribution in [0.15, 0.2) is 12.1 Å². The Kier molecular flexibility index (Phi) is 3.62. The maximum absolute atomic E-state index is 12.6. The summed E-state index contributed by atoms with van der Waals surface area (Å²) < 4.78 is 10.7. The van der Waals surface area contributed by atoms with Crippen LogP contribution in [0.25, 0.3) is 0 Å². The number of ether oxygens (including phenoxy) is 2. The van der Waals surface area contributed by atoms with Crippen molar-refractivity contribution >= 4 is 23.4 Å². The molecule has 3 N–H and O–H groups in total. The third-order valence-electron chi connectivity index (χ3n) is 4.49. The zero-order chi connectivity index (χ0) is 17.7. The predicted octanol–water partition coefficient (Wildman–Crippen LogP) is 2.11. The van der Waals surface area contributed by atoms with Crippen LogP contribution in [-0.4, -0.2) is 42.7 Å². The Balaban J connectivity index is 1.91. The lowest BCUT2D eigenvalue weighted by Crippen LogP contribution is -2.41. The number of rotatable bonds is 1. The van der Waals surface area contributed by atoms with Gasteiger partial charge in [-0.05, 0) is 44.9 Å². The number of anilines is 2. The summed E-state index contributed by atoms with van der Waals surface area (Å²) in [7, 11) is 1.54. The predicted molar refractivity (Wildman–Crippen MR) is 90.1 cm³/mol. The molecule has 0 bridgehead atoms. The second-order valence-electron chi connectivity index (χ2n) is 7.33. The monoisotopic (exact) mass is 333 g/mol. The summed E-state index contributed by atoms with van der Waals surface area (Å²) >= 11 is 0. The minimum atomic E-state index is -0.771. The highest BCUT2D eigenvalue weighted by Crippen LogP contribution is 2.47. The van der Waals surface area contributed by atoms with Crippen molar-refractivity contribution in [3.05, 3.63) is 17.7 Å². The first-order valence-electron chi connectivity index (χ1n) is 7.94. The third kappa shape index (κ3) is 2.53. The molecule has 1 aromatic rings. The van der Waals surface area contributed by atoms with Crippen LogP contribution in [0.1, 0.15) is 32.8 Å². The first-order valence-corrected chi connectivity index (χ1v) is 7.94. The molecule has 130 valence electrons. The number of methoxy groups -OCH3 is 1. The molecule has 2 heterocycles. The minimum absolute atomic E-state index is 0.115. The number of carbonyl (C=O) groups excluding carboxylic acids is 2. The highest BCUT2D eigenvalue weighted by Gasteiger charge is 2.53. The summed E-state index contributed by atoms with van der Waals surface area (Å²) in [6.07, 6.45) is 0.140. The second kappa shape index (κ2) is 5.29. The average molecular weight is 333 g/mol. The molecule has 1 spiro atoms. The van der Waals surface area contributed by atoms with E-state index >= 15 is 0 Å². The Morgan fingerprint density at radius 3 is 2.71 bits per heavy atom. The zero-order valence-electron chi connectivity index (χ0n) is 14.4. The standard InChI is InChI=1S/C17H23N3O4/c1-16(2,3)24-15(22)20-6-5-17(9-20)10-7-13(23-4)11(18)8-12(10)19-14(17)21/h7-8H,5-6,9,18H2,1-4H3,(H,19,21)/t17-/m1/s1. The van der Waals surface area contributed by atoms with Crippen LogP contribution < -0.4 is 15.8 Å². The third-order valence-corrected chi connectivity index (χ3v) is 4.49. The molecule has 3 rings (SSSR count). The second-order valence-corrected chi connectivity index (χ2v) is 7.33. The summed E-state index contributed by atoms with van der Waals surface area (Å²) in [6.45, 7) is 6.22. The van der Waals surface area contributed by atoms with Gasteiger partial charge in [0.25, 0.3) is 0 Å². The molecule has 2 aliphatic rings. The molecule has 7 heteroatoms. The summed E-state index contributed by atoms with van der Waals surface area (Å²) in [5.41, 5.74) is 6.56. The van der Waals surface area contributed by atoms with Gasteiger partial charge in [0.15, 0.2) is 0 Å². The van der Waals surface area contributed by atoms with E-state index in [1.165, 1.54) is 7.11 Å². The van der Waals surface area contributed by atoms with Crippen molar-refractivity contribution in [3.8, 4) is 5.75 Å². The topological polar surface area (TPSA) is 93.9 Å². The maximum Gasteiger partial charge on any atom is 0.410 e. The molecule has 0 saturated carbocycles. The normalized spacial score (nSPS) is 22.5. The van der Waals surface area contributed by atoms with Gasteiger partial charge in [0.2, 0.25) is 5.91 Å². The highest BCUT2D eigenvalue weighted by molar-refractivity contribution is 6.07. The van der Waals surface area contributed by atoms with Crippen molar-refractivity contribution in [2.45, 2.75) is 38.2 Å². The van der Waals surface area contributed by atoms with E-state index in [1.54, 1.807) is 17.0 Å². The lowest BCUT2D eigenvalue weighted by Gasteiger charge is -2.26. The van der Waals surface area contributed by atoms with Crippen LogP contribution in [-0.2, 0) is 14.9 Å². The molecule has 0 aliphatic carbocycles. The number of fused-ring (bicyclic) bond motifs is 2. The maximum atomic E-state index is 12.6. The van der Waals surface area contributed by atoms with E-state index in [1.807, 2.05) is 20.8 Å². The molecule has 1 fully saturated rings. The highest BCUT2D eigenvalue weighted by atomic mass is 16.6. The minimum Gasteiger partial charge on any atom is -0.495 e. The van der Waals surface area contributed by atoms with E-state index in [-0.39, 0.29) is 12.5 Å². The SMILES string of the molecule is COc1cc2c(cc1N)NC(=O)[C@@]21CCN(C(=O)OC(C)(C)C)C1. The van der Waals surface area contributed by atoms with Gasteiger partial charge in [0, 0.05) is 18.8 Å². The van der Waals surface area contributed by atoms with Crippen LogP contribution in [0.3, 0.4) is 0 Å². The Labute approximate surface area is 141 Å². The Morgan fingerprint density at radius 1 is 1.38 bits per heavy atom. The number of nitrogens with one attached hydrogen (secondary N) is 1. The molecule has 1 aromatic carbocycles. The van der Waals surface area contributed by atoms with Gasteiger partial charge in [-0.15, -0.1) is 0 Å². The molecule has 1 saturated heterocycles. The van der Waals surface area contributed by atoms with Crippen LogP contribution in [0.4, 0.5) is 16.2 Å². The van der Waals surface area contributed by atoms with Gasteiger partial charge in [-0.2, -0.15) is 0 Å². The van der Waals surface area contributed by atoms with Gasteiger partial charge in [0.05, 0.1) is 18.2 Å². The van der Waals surface area contributed by atoms with Crippen LogP contribution in [0.2, 0.25) is 0 Å². The van der Waals surface area contributed by atoms with Crippen molar-refractivity contribution in [1.82, 2.24) is 4.90 Å². The van der Waals surface area contributed by atoms with E-state index in [0.29, 0.717) is 30.1 Å². The fourth-order valence-electron chi connectivity index (χ4n) is 3.33.